The van der Waals surface area contributed by atoms with Gasteiger partial charge in [-0.3, -0.25) is 0 Å². The molecular formula is C8H9ClO2S2. The molecule has 0 amide bonds. The third kappa shape index (κ3) is 2.62. The number of halogens is 1. The molecule has 5 heteroatoms. The number of aryl methyl sites for hydroxylation is 1. The summed E-state index contributed by atoms with van der Waals surface area (Å²) in [6, 6.07) is 5.07. The van der Waals surface area contributed by atoms with Crippen LogP contribution in [0.3, 0.4) is 0 Å². The number of benzene rings is 1. The predicted octanol–water partition coefficient (Wildman–Crippen LogP) is 2.64. The van der Waals surface area contributed by atoms with Crippen molar-refractivity contribution in [3.05, 3.63) is 23.8 Å². The van der Waals surface area contributed by atoms with Crippen LogP contribution >= 0.6 is 22.4 Å². The van der Waals surface area contributed by atoms with Crippen molar-refractivity contribution < 1.29 is 8.42 Å². The molecule has 0 bridgehead atoms. The van der Waals surface area contributed by atoms with E-state index >= 15 is 0 Å². The predicted molar refractivity (Wildman–Crippen MR) is 56.0 cm³/mol. The first-order chi connectivity index (χ1) is 5.95. The van der Waals surface area contributed by atoms with Crippen LogP contribution in [0, 0.1) is 6.92 Å². The first kappa shape index (κ1) is 10.9. The van der Waals surface area contributed by atoms with Gasteiger partial charge in [0.1, 0.15) is 0 Å². The Morgan fingerprint density at radius 3 is 2.46 bits per heavy atom. The Hall–Kier alpha value is -0.190. The van der Waals surface area contributed by atoms with Crippen molar-refractivity contribution in [2.24, 2.45) is 0 Å². The van der Waals surface area contributed by atoms with Gasteiger partial charge in [-0.2, -0.15) is 0 Å². The topological polar surface area (TPSA) is 34.1 Å². The lowest BCUT2D eigenvalue weighted by molar-refractivity contribution is 0.607. The van der Waals surface area contributed by atoms with Crippen LogP contribution in [0.2, 0.25) is 0 Å². The van der Waals surface area contributed by atoms with Gasteiger partial charge in [0, 0.05) is 15.6 Å². The Bertz CT molecular complexity index is 412. The molecule has 0 N–H and O–H groups in total. The fourth-order valence-electron chi connectivity index (χ4n) is 0.976. The maximum Gasteiger partial charge on any atom is 0.262 e. The number of thioether (sulfide) groups is 1. The second-order valence-electron chi connectivity index (χ2n) is 2.59. The molecule has 0 aliphatic carbocycles. The third-order valence-electron chi connectivity index (χ3n) is 1.58. The molecule has 0 unspecified atom stereocenters. The van der Waals surface area contributed by atoms with Crippen LogP contribution in [0.4, 0.5) is 0 Å². The van der Waals surface area contributed by atoms with E-state index in [-0.39, 0.29) is 4.90 Å². The second kappa shape index (κ2) is 3.90. The van der Waals surface area contributed by atoms with Crippen LogP contribution in [0.25, 0.3) is 0 Å². The Kier molecular flexibility index (Phi) is 3.27. The molecule has 0 aliphatic heterocycles. The second-order valence-corrected chi connectivity index (χ2v) is 5.97. The molecule has 0 spiro atoms. The normalized spacial score (nSPS) is 11.6. The summed E-state index contributed by atoms with van der Waals surface area (Å²) in [5.74, 6) is 0. The summed E-state index contributed by atoms with van der Waals surface area (Å²) in [5, 5.41) is 0. The molecule has 13 heavy (non-hydrogen) atoms. The van der Waals surface area contributed by atoms with E-state index in [0.29, 0.717) is 4.90 Å². The van der Waals surface area contributed by atoms with Crippen LogP contribution in [-0.4, -0.2) is 14.7 Å². The molecule has 1 rings (SSSR count). The minimum atomic E-state index is -3.61. The average molecular weight is 237 g/mol. The summed E-state index contributed by atoms with van der Waals surface area (Å²) in [6.07, 6.45) is 1.82. The highest BCUT2D eigenvalue weighted by Gasteiger charge is 2.14. The van der Waals surface area contributed by atoms with Crippen LogP contribution in [-0.2, 0) is 9.05 Å². The van der Waals surface area contributed by atoms with Crippen molar-refractivity contribution in [3.8, 4) is 0 Å². The lowest BCUT2D eigenvalue weighted by Gasteiger charge is -2.04. The zero-order valence-corrected chi connectivity index (χ0v) is 9.63. The average Bonchev–Trinajstić information content (AvgIpc) is 2.01. The van der Waals surface area contributed by atoms with E-state index in [0.717, 1.165) is 5.56 Å². The molecule has 0 aromatic heterocycles. The molecule has 0 heterocycles. The van der Waals surface area contributed by atoms with Crippen molar-refractivity contribution in [1.29, 1.82) is 0 Å². The minimum absolute atomic E-state index is 0.187. The van der Waals surface area contributed by atoms with Gasteiger partial charge in [-0.15, -0.1) is 11.8 Å². The van der Waals surface area contributed by atoms with Gasteiger partial charge in [0.05, 0.1) is 4.90 Å². The first-order valence-corrected chi connectivity index (χ1v) is 7.08. The molecule has 0 fully saturated rings. The summed E-state index contributed by atoms with van der Waals surface area (Å²) in [6.45, 7) is 1.91. The summed E-state index contributed by atoms with van der Waals surface area (Å²) < 4.78 is 22.2. The van der Waals surface area contributed by atoms with Gasteiger partial charge < -0.3 is 0 Å². The van der Waals surface area contributed by atoms with Crippen LogP contribution < -0.4 is 0 Å². The third-order valence-corrected chi connectivity index (χ3v) is 3.87. The summed E-state index contributed by atoms with van der Waals surface area (Å²) >= 11 is 1.37. The van der Waals surface area contributed by atoms with Gasteiger partial charge in [0.15, 0.2) is 0 Å². The molecule has 1 aromatic rings. The fraction of sp³-hybridized carbons (Fsp3) is 0.250. The summed E-state index contributed by atoms with van der Waals surface area (Å²) in [7, 11) is 1.64. The lowest BCUT2D eigenvalue weighted by atomic mass is 10.2. The van der Waals surface area contributed by atoms with E-state index in [1.807, 2.05) is 13.2 Å². The zero-order chi connectivity index (χ0) is 10.1. The van der Waals surface area contributed by atoms with E-state index in [1.165, 1.54) is 17.8 Å². The first-order valence-electron chi connectivity index (χ1n) is 3.54. The zero-order valence-electron chi connectivity index (χ0n) is 7.24. The van der Waals surface area contributed by atoms with Gasteiger partial charge in [0.2, 0.25) is 0 Å². The van der Waals surface area contributed by atoms with E-state index in [4.69, 9.17) is 10.7 Å². The van der Waals surface area contributed by atoms with E-state index < -0.39 is 9.05 Å². The molecule has 0 saturated carbocycles. The highest BCUT2D eigenvalue weighted by atomic mass is 35.7. The molecule has 0 radical (unpaired) electrons. The van der Waals surface area contributed by atoms with Crippen LogP contribution in [0.15, 0.2) is 28.0 Å². The molecule has 0 saturated heterocycles. The molecular weight excluding hydrogens is 228 g/mol. The van der Waals surface area contributed by atoms with Gasteiger partial charge in [-0.25, -0.2) is 8.42 Å². The Morgan fingerprint density at radius 2 is 2.00 bits per heavy atom. The van der Waals surface area contributed by atoms with E-state index in [1.54, 1.807) is 12.1 Å². The van der Waals surface area contributed by atoms with E-state index in [2.05, 4.69) is 0 Å². The van der Waals surface area contributed by atoms with Crippen molar-refractivity contribution in [2.45, 2.75) is 16.7 Å². The van der Waals surface area contributed by atoms with Crippen molar-refractivity contribution in [1.82, 2.24) is 0 Å². The Labute approximate surface area is 86.7 Å². The Balaban J connectivity index is 3.39. The minimum Gasteiger partial charge on any atom is -0.207 e. The van der Waals surface area contributed by atoms with Gasteiger partial charge in [-0.05, 0) is 30.9 Å². The molecule has 0 atom stereocenters. The maximum atomic E-state index is 11.1. The molecule has 0 aliphatic rings. The van der Waals surface area contributed by atoms with Gasteiger partial charge in [0.25, 0.3) is 9.05 Å². The number of hydrogen-bond acceptors (Lipinski definition) is 3. The van der Waals surface area contributed by atoms with Crippen LogP contribution in [0.5, 0.6) is 0 Å². The van der Waals surface area contributed by atoms with E-state index in [9.17, 15) is 8.42 Å². The van der Waals surface area contributed by atoms with Crippen LogP contribution in [0.1, 0.15) is 5.56 Å². The monoisotopic (exact) mass is 236 g/mol. The molecule has 1 aromatic carbocycles. The lowest BCUT2D eigenvalue weighted by Crippen LogP contribution is -1.93. The molecule has 2 nitrogen and oxygen atoms in total. The van der Waals surface area contributed by atoms with Gasteiger partial charge in [-0.1, -0.05) is 6.07 Å². The number of rotatable bonds is 2. The van der Waals surface area contributed by atoms with Crippen molar-refractivity contribution >= 4 is 31.5 Å². The summed E-state index contributed by atoms with van der Waals surface area (Å²) in [5.41, 5.74) is 1.02. The fourth-order valence-corrected chi connectivity index (χ4v) is 3.20. The largest absolute Gasteiger partial charge is 0.262 e. The highest BCUT2D eigenvalue weighted by molar-refractivity contribution is 8.14. The quantitative estimate of drug-likeness (QED) is 0.585. The maximum absolute atomic E-state index is 11.1. The Morgan fingerprint density at radius 1 is 1.38 bits per heavy atom. The van der Waals surface area contributed by atoms with Crippen molar-refractivity contribution in [3.63, 3.8) is 0 Å². The van der Waals surface area contributed by atoms with Crippen molar-refractivity contribution in [2.75, 3.05) is 6.26 Å². The molecule has 72 valence electrons. The standard InChI is InChI=1S/C8H9ClO2S2/c1-6-3-4-8(13(9,10)11)7(5-6)12-2/h3-5H,1-2H3. The SMILES string of the molecule is CSc1cc(C)ccc1S(=O)(=O)Cl. The highest BCUT2D eigenvalue weighted by Crippen LogP contribution is 2.28. The van der Waals surface area contributed by atoms with Gasteiger partial charge >= 0.3 is 0 Å². The smallest absolute Gasteiger partial charge is 0.207 e. The summed E-state index contributed by atoms with van der Waals surface area (Å²) in [4.78, 5) is 0.877. The number of hydrogen-bond donors (Lipinski definition) is 0.